The van der Waals surface area contributed by atoms with Crippen LogP contribution in [-0.4, -0.2) is 12.7 Å². The smallest absolute Gasteiger partial charge is 0.302 e. The van der Waals surface area contributed by atoms with Crippen molar-refractivity contribution < 1.29 is 13.2 Å². The van der Waals surface area contributed by atoms with E-state index in [2.05, 4.69) is 5.32 Å². The van der Waals surface area contributed by atoms with Crippen molar-refractivity contribution in [3.63, 3.8) is 0 Å². The van der Waals surface area contributed by atoms with E-state index < -0.39 is 12.2 Å². The lowest BCUT2D eigenvalue weighted by atomic mass is 9.90. The van der Waals surface area contributed by atoms with Crippen LogP contribution in [-0.2, 0) is 5.41 Å². The predicted octanol–water partition coefficient (Wildman–Crippen LogP) is 4.92. The maximum Gasteiger partial charge on any atom is 0.407 e. The molecule has 21 heavy (non-hydrogen) atoms. The first-order valence-electron chi connectivity index (χ1n) is 6.70. The molecule has 0 spiro atoms. The molecule has 114 valence electrons. The van der Waals surface area contributed by atoms with Gasteiger partial charge in [-0.3, -0.25) is 0 Å². The molecule has 1 nitrogen and oxygen atoms in total. The van der Waals surface area contributed by atoms with Crippen molar-refractivity contribution >= 4 is 11.3 Å². The van der Waals surface area contributed by atoms with Gasteiger partial charge in [-0.15, -0.1) is 11.3 Å². The van der Waals surface area contributed by atoms with Gasteiger partial charge in [0.25, 0.3) is 0 Å². The Labute approximate surface area is 126 Å². The highest BCUT2D eigenvalue weighted by atomic mass is 32.1. The molecule has 0 radical (unpaired) electrons. The topological polar surface area (TPSA) is 12.0 Å². The first kappa shape index (κ1) is 16.0. The van der Waals surface area contributed by atoms with Gasteiger partial charge in [0, 0.05) is 16.8 Å². The Bertz CT molecular complexity index is 547. The fraction of sp³-hybridized carbons (Fsp3) is 0.375. The highest BCUT2D eigenvalue weighted by Gasteiger charge is 2.41. The van der Waals surface area contributed by atoms with E-state index in [1.807, 2.05) is 31.4 Å². The van der Waals surface area contributed by atoms with E-state index in [0.29, 0.717) is 0 Å². The summed E-state index contributed by atoms with van der Waals surface area (Å²) in [6, 6.07) is 10.2. The average Bonchev–Trinajstić information content (AvgIpc) is 2.93. The van der Waals surface area contributed by atoms with E-state index >= 15 is 0 Å². The van der Waals surface area contributed by atoms with Gasteiger partial charge >= 0.3 is 6.18 Å². The van der Waals surface area contributed by atoms with Crippen LogP contribution in [0, 0.1) is 0 Å². The van der Waals surface area contributed by atoms with E-state index in [4.69, 9.17) is 0 Å². The monoisotopic (exact) mass is 313 g/mol. The van der Waals surface area contributed by atoms with Crippen LogP contribution in [0.5, 0.6) is 0 Å². The lowest BCUT2D eigenvalue weighted by molar-refractivity contribution is -0.158. The Morgan fingerprint density at radius 1 is 1.05 bits per heavy atom. The summed E-state index contributed by atoms with van der Waals surface area (Å²) >= 11 is 1.56. The standard InChI is InChI=1S/C16H18F3NS/c1-15(2,13-9-6-10-21-13)11-20-14(16(17,18)19)12-7-4-3-5-8-12/h3-10,14,20H,11H2,1-2H3. The molecule has 1 aromatic carbocycles. The van der Waals surface area contributed by atoms with Gasteiger partial charge in [0.05, 0.1) is 0 Å². The molecular weight excluding hydrogens is 295 g/mol. The minimum Gasteiger partial charge on any atom is -0.302 e. The van der Waals surface area contributed by atoms with Crippen LogP contribution in [0.4, 0.5) is 13.2 Å². The van der Waals surface area contributed by atoms with E-state index in [1.54, 1.807) is 29.5 Å². The fourth-order valence-corrected chi connectivity index (χ4v) is 3.03. The number of hydrogen-bond donors (Lipinski definition) is 1. The number of benzene rings is 1. The predicted molar refractivity (Wildman–Crippen MR) is 80.6 cm³/mol. The molecule has 1 aromatic heterocycles. The maximum atomic E-state index is 13.3. The van der Waals surface area contributed by atoms with Crippen molar-refractivity contribution in [3.05, 3.63) is 58.3 Å². The molecule has 0 aliphatic rings. The molecular formula is C16H18F3NS. The molecule has 1 heterocycles. The van der Waals surface area contributed by atoms with Crippen LogP contribution in [0.1, 0.15) is 30.3 Å². The molecule has 0 fully saturated rings. The Morgan fingerprint density at radius 3 is 2.24 bits per heavy atom. The third-order valence-electron chi connectivity index (χ3n) is 3.40. The number of hydrogen-bond acceptors (Lipinski definition) is 2. The van der Waals surface area contributed by atoms with E-state index in [9.17, 15) is 13.2 Å². The van der Waals surface area contributed by atoms with Crippen molar-refractivity contribution in [2.75, 3.05) is 6.54 Å². The Kier molecular flexibility index (Phi) is 4.74. The molecule has 1 N–H and O–H groups in total. The van der Waals surface area contributed by atoms with Crippen molar-refractivity contribution in [3.8, 4) is 0 Å². The largest absolute Gasteiger partial charge is 0.407 e. The first-order chi connectivity index (χ1) is 9.81. The first-order valence-corrected chi connectivity index (χ1v) is 7.58. The van der Waals surface area contributed by atoms with Gasteiger partial charge in [-0.1, -0.05) is 50.2 Å². The molecule has 2 rings (SSSR count). The van der Waals surface area contributed by atoms with Crippen LogP contribution in [0.15, 0.2) is 47.8 Å². The summed E-state index contributed by atoms with van der Waals surface area (Å²) in [4.78, 5) is 1.07. The van der Waals surface area contributed by atoms with E-state index in [1.165, 1.54) is 12.1 Å². The van der Waals surface area contributed by atoms with Gasteiger partial charge < -0.3 is 5.32 Å². The fourth-order valence-electron chi connectivity index (χ4n) is 2.18. The Morgan fingerprint density at radius 2 is 1.71 bits per heavy atom. The van der Waals surface area contributed by atoms with Crippen molar-refractivity contribution in [1.29, 1.82) is 0 Å². The summed E-state index contributed by atoms with van der Waals surface area (Å²) in [5.41, 5.74) is -0.0983. The van der Waals surface area contributed by atoms with Crippen molar-refractivity contribution in [2.24, 2.45) is 0 Å². The third-order valence-corrected chi connectivity index (χ3v) is 4.63. The molecule has 2 aromatic rings. The van der Waals surface area contributed by atoms with Gasteiger partial charge in [-0.2, -0.15) is 13.2 Å². The number of nitrogens with one attached hydrogen (secondary N) is 1. The van der Waals surface area contributed by atoms with Gasteiger partial charge in [0.2, 0.25) is 0 Å². The van der Waals surface area contributed by atoms with Crippen molar-refractivity contribution in [2.45, 2.75) is 31.5 Å². The maximum absolute atomic E-state index is 13.3. The zero-order valence-corrected chi connectivity index (χ0v) is 12.8. The molecule has 1 unspecified atom stereocenters. The summed E-state index contributed by atoms with van der Waals surface area (Å²) in [5, 5.41) is 4.63. The van der Waals surface area contributed by atoms with Crippen molar-refractivity contribution in [1.82, 2.24) is 5.32 Å². The summed E-state index contributed by atoms with van der Waals surface area (Å²) in [5.74, 6) is 0. The highest BCUT2D eigenvalue weighted by Crippen LogP contribution is 2.34. The second kappa shape index (κ2) is 6.20. The van der Waals surface area contributed by atoms with Gasteiger partial charge in [-0.25, -0.2) is 0 Å². The van der Waals surface area contributed by atoms with Gasteiger partial charge in [0.15, 0.2) is 0 Å². The molecule has 0 saturated carbocycles. The van der Waals surface area contributed by atoms with Gasteiger partial charge in [0.1, 0.15) is 6.04 Å². The quantitative estimate of drug-likeness (QED) is 0.826. The summed E-state index contributed by atoms with van der Waals surface area (Å²) in [6.45, 7) is 4.15. The summed E-state index contributed by atoms with van der Waals surface area (Å²) in [6.07, 6.45) is -4.31. The second-order valence-electron chi connectivity index (χ2n) is 5.63. The van der Waals surface area contributed by atoms with Crippen LogP contribution < -0.4 is 5.32 Å². The molecule has 5 heteroatoms. The lowest BCUT2D eigenvalue weighted by Gasteiger charge is -2.29. The molecule has 0 aliphatic carbocycles. The number of rotatable bonds is 5. The van der Waals surface area contributed by atoms with E-state index in [0.717, 1.165) is 4.88 Å². The van der Waals surface area contributed by atoms with Crippen LogP contribution in [0.3, 0.4) is 0 Å². The normalized spacial score (nSPS) is 14.1. The van der Waals surface area contributed by atoms with Crippen LogP contribution in [0.25, 0.3) is 0 Å². The SMILES string of the molecule is CC(C)(CNC(c1ccccc1)C(F)(F)F)c1cccs1. The van der Waals surface area contributed by atoms with E-state index in [-0.39, 0.29) is 17.5 Å². The second-order valence-corrected chi connectivity index (χ2v) is 6.58. The van der Waals surface area contributed by atoms with Crippen LogP contribution in [0.2, 0.25) is 0 Å². The average molecular weight is 313 g/mol. The number of alkyl halides is 3. The third kappa shape index (κ3) is 4.08. The number of halogens is 3. The summed E-state index contributed by atoms with van der Waals surface area (Å²) in [7, 11) is 0. The number of thiophene rings is 1. The molecule has 0 aliphatic heterocycles. The molecule has 0 amide bonds. The van der Waals surface area contributed by atoms with Crippen LogP contribution >= 0.6 is 11.3 Å². The van der Waals surface area contributed by atoms with Gasteiger partial charge in [-0.05, 0) is 17.0 Å². The zero-order chi connectivity index (χ0) is 15.5. The zero-order valence-electron chi connectivity index (χ0n) is 11.9. The Hall–Kier alpha value is -1.33. The molecule has 0 saturated heterocycles. The molecule has 0 bridgehead atoms. The minimum atomic E-state index is -4.31. The minimum absolute atomic E-state index is 0.243. The summed E-state index contributed by atoms with van der Waals surface area (Å²) < 4.78 is 39.8. The molecule has 1 atom stereocenters. The lowest BCUT2D eigenvalue weighted by Crippen LogP contribution is -2.40. The highest BCUT2D eigenvalue weighted by molar-refractivity contribution is 7.10. The Balaban J connectivity index is 2.14.